The average molecular weight is 405 g/mol. The summed E-state index contributed by atoms with van der Waals surface area (Å²) in [4.78, 5) is 26.9. The van der Waals surface area contributed by atoms with E-state index in [4.69, 9.17) is 0 Å². The maximum atomic E-state index is 12.3. The lowest BCUT2D eigenvalue weighted by Crippen LogP contribution is -2.12. The van der Waals surface area contributed by atoms with Crippen LogP contribution in [0, 0.1) is 0 Å². The van der Waals surface area contributed by atoms with E-state index in [2.05, 4.69) is 61.7 Å². The number of carbonyl (C=O) groups is 1. The number of benzene rings is 3. The summed E-state index contributed by atoms with van der Waals surface area (Å²) >= 11 is 0. The molecule has 6 heteroatoms. The molecular weight excluding hydrogens is 386 g/mol. The molecule has 3 N–H and O–H groups in total. The minimum absolute atomic E-state index is 0.199. The Bertz CT molecular complexity index is 1290. The van der Waals surface area contributed by atoms with Crippen LogP contribution in [-0.2, 0) is 0 Å². The Balaban J connectivity index is 1.30. The number of hydrogen-bond donors (Lipinski definition) is 3. The zero-order valence-corrected chi connectivity index (χ0v) is 16.5. The summed E-state index contributed by atoms with van der Waals surface area (Å²) in [5.41, 5.74) is 6.77. The van der Waals surface area contributed by atoms with Gasteiger partial charge < -0.3 is 9.97 Å². The third-order valence-corrected chi connectivity index (χ3v) is 5.07. The number of aromatic nitrogens is 4. The number of anilines is 1. The van der Waals surface area contributed by atoms with Gasteiger partial charge in [-0.25, -0.2) is 9.97 Å². The van der Waals surface area contributed by atoms with E-state index in [0.717, 1.165) is 33.6 Å². The van der Waals surface area contributed by atoms with E-state index >= 15 is 0 Å². The summed E-state index contributed by atoms with van der Waals surface area (Å²) in [6.07, 6.45) is 5.20. The van der Waals surface area contributed by atoms with Crippen LogP contribution in [0.4, 0.5) is 5.95 Å². The average Bonchev–Trinajstić information content (AvgIpc) is 3.53. The van der Waals surface area contributed by atoms with E-state index in [0.29, 0.717) is 11.5 Å². The second-order valence-corrected chi connectivity index (χ2v) is 7.09. The van der Waals surface area contributed by atoms with Crippen molar-refractivity contribution in [1.29, 1.82) is 0 Å². The first-order chi connectivity index (χ1) is 15.3. The number of H-pyrrole nitrogens is 2. The Morgan fingerprint density at radius 3 is 1.94 bits per heavy atom. The van der Waals surface area contributed by atoms with Crippen LogP contribution in [0.3, 0.4) is 0 Å². The highest BCUT2D eigenvalue weighted by molar-refractivity contribution is 6.03. The van der Waals surface area contributed by atoms with Gasteiger partial charge in [-0.2, -0.15) is 0 Å². The molecule has 0 fully saturated rings. The Morgan fingerprint density at radius 1 is 0.710 bits per heavy atom. The predicted octanol–water partition coefficient (Wildman–Crippen LogP) is 5.39. The topological polar surface area (TPSA) is 86.5 Å². The van der Waals surface area contributed by atoms with E-state index in [1.54, 1.807) is 24.7 Å². The molecule has 0 saturated carbocycles. The molecule has 31 heavy (non-hydrogen) atoms. The molecule has 2 aromatic heterocycles. The monoisotopic (exact) mass is 405 g/mol. The Kier molecular flexibility index (Phi) is 4.86. The quantitative estimate of drug-likeness (QED) is 0.367. The Hall–Kier alpha value is -4.45. The summed E-state index contributed by atoms with van der Waals surface area (Å²) in [7, 11) is 0. The van der Waals surface area contributed by atoms with Crippen LogP contribution in [-0.4, -0.2) is 25.8 Å². The van der Waals surface area contributed by atoms with Crippen molar-refractivity contribution in [3.8, 4) is 33.6 Å². The highest BCUT2D eigenvalue weighted by Gasteiger charge is 2.09. The Labute approximate surface area is 179 Å². The second-order valence-electron chi connectivity index (χ2n) is 7.09. The molecule has 0 bridgehead atoms. The van der Waals surface area contributed by atoms with Crippen molar-refractivity contribution in [2.75, 3.05) is 5.32 Å². The van der Waals surface area contributed by atoms with Gasteiger partial charge in [0.15, 0.2) is 0 Å². The summed E-state index contributed by atoms with van der Waals surface area (Å²) in [6, 6.07) is 25.6. The lowest BCUT2D eigenvalue weighted by atomic mass is 10.0. The van der Waals surface area contributed by atoms with E-state index < -0.39 is 0 Å². The molecule has 3 aromatic carbocycles. The highest BCUT2D eigenvalue weighted by atomic mass is 16.1. The van der Waals surface area contributed by atoms with Crippen molar-refractivity contribution in [2.45, 2.75) is 0 Å². The molecule has 6 nitrogen and oxygen atoms in total. The molecule has 1 amide bonds. The van der Waals surface area contributed by atoms with Gasteiger partial charge in [0.2, 0.25) is 5.95 Å². The summed E-state index contributed by atoms with van der Waals surface area (Å²) in [6.45, 7) is 0. The van der Waals surface area contributed by atoms with Gasteiger partial charge in [0.25, 0.3) is 5.91 Å². The van der Waals surface area contributed by atoms with Crippen molar-refractivity contribution >= 4 is 11.9 Å². The molecule has 0 radical (unpaired) electrons. The lowest BCUT2D eigenvalue weighted by molar-refractivity contribution is 0.102. The number of imidazole rings is 2. The third-order valence-electron chi connectivity index (χ3n) is 5.07. The molecule has 5 rings (SSSR count). The first-order valence-electron chi connectivity index (χ1n) is 9.87. The molecule has 2 heterocycles. The fourth-order valence-electron chi connectivity index (χ4n) is 3.40. The van der Waals surface area contributed by atoms with E-state index in [1.807, 2.05) is 36.5 Å². The van der Waals surface area contributed by atoms with Crippen molar-refractivity contribution in [3.05, 3.63) is 103 Å². The number of aromatic amines is 2. The van der Waals surface area contributed by atoms with E-state index in [9.17, 15) is 4.79 Å². The zero-order chi connectivity index (χ0) is 21.0. The molecule has 0 spiro atoms. The number of nitrogens with one attached hydrogen (secondary N) is 3. The predicted molar refractivity (Wildman–Crippen MR) is 121 cm³/mol. The van der Waals surface area contributed by atoms with Crippen LogP contribution < -0.4 is 5.32 Å². The summed E-state index contributed by atoms with van der Waals surface area (Å²) in [5, 5.41) is 2.79. The number of rotatable bonds is 5. The lowest BCUT2D eigenvalue weighted by Gasteiger charge is -2.05. The maximum Gasteiger partial charge on any atom is 0.257 e. The fourth-order valence-corrected chi connectivity index (χ4v) is 3.40. The van der Waals surface area contributed by atoms with Gasteiger partial charge in [-0.05, 0) is 34.4 Å². The first-order valence-corrected chi connectivity index (χ1v) is 9.87. The Morgan fingerprint density at radius 2 is 1.32 bits per heavy atom. The molecule has 0 aliphatic carbocycles. The van der Waals surface area contributed by atoms with Crippen molar-refractivity contribution < 1.29 is 4.79 Å². The smallest absolute Gasteiger partial charge is 0.257 e. The van der Waals surface area contributed by atoms with Crippen LogP contribution in [0.25, 0.3) is 33.6 Å². The van der Waals surface area contributed by atoms with Crippen LogP contribution in [0.1, 0.15) is 10.4 Å². The standard InChI is InChI=1S/C25H19N5O/c31-24(21-4-2-1-3-5-21)30-25-27-15-23(29-25)20-12-8-18(9-13-20)17-6-10-19(11-7-17)22-14-26-16-28-22/h1-16H,(H,26,28)(H2,27,29,30,31). The van der Waals surface area contributed by atoms with Gasteiger partial charge >= 0.3 is 0 Å². The number of nitrogens with zero attached hydrogens (tertiary/aromatic N) is 2. The highest BCUT2D eigenvalue weighted by Crippen LogP contribution is 2.26. The summed E-state index contributed by atoms with van der Waals surface area (Å²) in [5.74, 6) is 0.220. The molecule has 5 aromatic rings. The fraction of sp³-hybridized carbons (Fsp3) is 0. The molecule has 0 aliphatic rings. The first kappa shape index (κ1) is 18.6. The number of hydrogen-bond acceptors (Lipinski definition) is 3. The maximum absolute atomic E-state index is 12.3. The SMILES string of the molecule is O=C(Nc1ncc(-c2ccc(-c3ccc(-c4cnc[nH]4)cc3)cc2)[nH]1)c1ccccc1. The van der Waals surface area contributed by atoms with Crippen LogP contribution >= 0.6 is 0 Å². The van der Waals surface area contributed by atoms with E-state index in [1.165, 1.54) is 0 Å². The molecule has 0 atom stereocenters. The van der Waals surface area contributed by atoms with Crippen molar-refractivity contribution in [2.24, 2.45) is 0 Å². The third kappa shape index (κ3) is 4.00. The van der Waals surface area contributed by atoms with Crippen molar-refractivity contribution in [3.63, 3.8) is 0 Å². The normalized spacial score (nSPS) is 10.7. The minimum Gasteiger partial charge on any atom is -0.345 e. The van der Waals surface area contributed by atoms with E-state index in [-0.39, 0.29) is 5.91 Å². The molecule has 0 saturated heterocycles. The molecule has 150 valence electrons. The van der Waals surface area contributed by atoms with Gasteiger partial charge in [-0.15, -0.1) is 0 Å². The summed E-state index contributed by atoms with van der Waals surface area (Å²) < 4.78 is 0. The molecule has 0 unspecified atom stereocenters. The van der Waals surface area contributed by atoms with Crippen LogP contribution in [0.5, 0.6) is 0 Å². The van der Waals surface area contributed by atoms with Crippen LogP contribution in [0.15, 0.2) is 97.6 Å². The largest absolute Gasteiger partial charge is 0.345 e. The van der Waals surface area contributed by atoms with Gasteiger partial charge in [0.05, 0.1) is 30.1 Å². The van der Waals surface area contributed by atoms with Gasteiger partial charge in [0.1, 0.15) is 0 Å². The minimum atomic E-state index is -0.199. The van der Waals surface area contributed by atoms with Gasteiger partial charge in [-0.1, -0.05) is 66.7 Å². The number of amides is 1. The van der Waals surface area contributed by atoms with Gasteiger partial charge in [0, 0.05) is 5.56 Å². The number of carbonyl (C=O) groups excluding carboxylic acids is 1. The van der Waals surface area contributed by atoms with Gasteiger partial charge in [-0.3, -0.25) is 10.1 Å². The second kappa shape index (κ2) is 8.12. The molecular formula is C25H19N5O. The van der Waals surface area contributed by atoms with Crippen molar-refractivity contribution in [1.82, 2.24) is 19.9 Å². The van der Waals surface area contributed by atoms with Crippen LogP contribution in [0.2, 0.25) is 0 Å². The molecule has 0 aliphatic heterocycles. The zero-order valence-electron chi connectivity index (χ0n) is 16.5.